The van der Waals surface area contributed by atoms with Gasteiger partial charge in [-0.2, -0.15) is 0 Å². The highest BCUT2D eigenvalue weighted by Crippen LogP contribution is 2.35. The molecule has 17 heavy (non-hydrogen) atoms. The number of rotatable bonds is 5. The Labute approximate surface area is 101 Å². The Kier molecular flexibility index (Phi) is 4.26. The van der Waals surface area contributed by atoms with E-state index in [1.165, 1.54) is 0 Å². The van der Waals surface area contributed by atoms with Gasteiger partial charge in [0, 0.05) is 0 Å². The largest absolute Gasteiger partial charge is 0.328 e. The van der Waals surface area contributed by atoms with Crippen LogP contribution in [0.15, 0.2) is 0 Å². The van der Waals surface area contributed by atoms with Gasteiger partial charge in [0.05, 0.1) is 0 Å². The third-order valence-electron chi connectivity index (χ3n) is 3.39. The fourth-order valence-corrected chi connectivity index (χ4v) is 2.26. The van der Waals surface area contributed by atoms with Crippen molar-refractivity contribution < 1.29 is 14.4 Å². The molecular weight excluding hydrogens is 220 g/mol. The second-order valence-corrected chi connectivity index (χ2v) is 4.79. The molecule has 0 aromatic carbocycles. The van der Waals surface area contributed by atoms with Gasteiger partial charge in [-0.05, 0) is 18.8 Å². The summed E-state index contributed by atoms with van der Waals surface area (Å²) in [6.45, 7) is 5.96. The number of nitrogens with one attached hydrogen (secondary N) is 2. The summed E-state index contributed by atoms with van der Waals surface area (Å²) in [4.78, 5) is 35.0. The molecule has 5 heteroatoms. The van der Waals surface area contributed by atoms with Crippen molar-refractivity contribution in [3.63, 3.8) is 0 Å². The van der Waals surface area contributed by atoms with Gasteiger partial charge in [-0.1, -0.05) is 33.6 Å². The highest BCUT2D eigenvalue weighted by Gasteiger charge is 2.49. The van der Waals surface area contributed by atoms with Crippen LogP contribution in [0.3, 0.4) is 0 Å². The zero-order valence-corrected chi connectivity index (χ0v) is 10.6. The maximum atomic E-state index is 12.0. The number of carbonyl (C=O) groups excluding carboxylic acids is 3. The van der Waals surface area contributed by atoms with Crippen molar-refractivity contribution in [2.45, 2.75) is 46.5 Å². The SMILES string of the molecule is CCCC1(C[C@H](C)CC)C(=O)NC(=O)NC1=O. The standard InChI is InChI=1S/C12H20N2O3/c1-4-6-12(7-8(3)5-2)9(15)13-11(17)14-10(12)16/h8H,4-7H2,1-3H3,(H2,13,14,15,16,17)/t8-/m1/s1. The minimum atomic E-state index is -1.07. The lowest BCUT2D eigenvalue weighted by Gasteiger charge is -2.35. The van der Waals surface area contributed by atoms with Crippen molar-refractivity contribution in [1.29, 1.82) is 0 Å². The second-order valence-electron chi connectivity index (χ2n) is 4.79. The Morgan fingerprint density at radius 3 is 2.06 bits per heavy atom. The minimum Gasteiger partial charge on any atom is -0.277 e. The van der Waals surface area contributed by atoms with E-state index in [2.05, 4.69) is 10.6 Å². The molecule has 0 aliphatic carbocycles. The molecule has 5 nitrogen and oxygen atoms in total. The summed E-state index contributed by atoms with van der Waals surface area (Å²) in [5, 5.41) is 4.41. The molecule has 0 saturated carbocycles. The Morgan fingerprint density at radius 2 is 1.65 bits per heavy atom. The first-order valence-corrected chi connectivity index (χ1v) is 6.13. The second kappa shape index (κ2) is 5.29. The molecule has 2 N–H and O–H groups in total. The predicted octanol–water partition coefficient (Wildman–Crippen LogP) is 1.58. The fourth-order valence-electron chi connectivity index (χ4n) is 2.26. The third-order valence-corrected chi connectivity index (χ3v) is 3.39. The van der Waals surface area contributed by atoms with Crippen LogP contribution in [0, 0.1) is 11.3 Å². The first-order chi connectivity index (χ1) is 7.96. The van der Waals surface area contributed by atoms with Crippen molar-refractivity contribution >= 4 is 17.8 Å². The fraction of sp³-hybridized carbons (Fsp3) is 0.750. The lowest BCUT2D eigenvalue weighted by molar-refractivity contribution is -0.146. The van der Waals surface area contributed by atoms with Gasteiger partial charge in [0.25, 0.3) is 0 Å². The van der Waals surface area contributed by atoms with E-state index in [1.54, 1.807) is 0 Å². The van der Waals surface area contributed by atoms with Crippen LogP contribution in [0.2, 0.25) is 0 Å². The first kappa shape index (κ1) is 13.7. The molecule has 1 aliphatic rings. The van der Waals surface area contributed by atoms with Crippen LogP contribution < -0.4 is 10.6 Å². The first-order valence-electron chi connectivity index (χ1n) is 6.13. The maximum absolute atomic E-state index is 12.0. The molecule has 1 atom stereocenters. The molecule has 0 bridgehead atoms. The molecule has 4 amide bonds. The molecule has 1 saturated heterocycles. The molecule has 0 radical (unpaired) electrons. The van der Waals surface area contributed by atoms with Crippen LogP contribution in [0.25, 0.3) is 0 Å². The van der Waals surface area contributed by atoms with Crippen molar-refractivity contribution in [3.05, 3.63) is 0 Å². The predicted molar refractivity (Wildman–Crippen MR) is 63.1 cm³/mol. The molecule has 0 spiro atoms. The van der Waals surface area contributed by atoms with Crippen molar-refractivity contribution in [2.24, 2.45) is 11.3 Å². The highest BCUT2D eigenvalue weighted by molar-refractivity contribution is 6.19. The van der Waals surface area contributed by atoms with Crippen LogP contribution in [0.5, 0.6) is 0 Å². The molecule has 0 aromatic heterocycles. The number of hydrogen-bond acceptors (Lipinski definition) is 3. The number of barbiturate groups is 1. The Hall–Kier alpha value is -1.39. The Morgan fingerprint density at radius 1 is 1.12 bits per heavy atom. The van der Waals surface area contributed by atoms with Crippen LogP contribution >= 0.6 is 0 Å². The zero-order valence-electron chi connectivity index (χ0n) is 10.6. The molecule has 96 valence electrons. The molecule has 0 aromatic rings. The van der Waals surface area contributed by atoms with Gasteiger partial charge in [0.1, 0.15) is 5.41 Å². The van der Waals surface area contributed by atoms with Crippen LogP contribution in [-0.4, -0.2) is 17.8 Å². The third kappa shape index (κ3) is 2.65. The Balaban J connectivity index is 2.99. The summed E-state index contributed by atoms with van der Waals surface area (Å²) in [7, 11) is 0. The summed E-state index contributed by atoms with van der Waals surface area (Å²) in [6.07, 6.45) is 2.59. The van der Waals surface area contributed by atoms with E-state index >= 15 is 0 Å². The van der Waals surface area contributed by atoms with Crippen molar-refractivity contribution in [2.75, 3.05) is 0 Å². The average Bonchev–Trinajstić information content (AvgIpc) is 2.25. The molecular formula is C12H20N2O3. The smallest absolute Gasteiger partial charge is 0.277 e. The quantitative estimate of drug-likeness (QED) is 0.716. The monoisotopic (exact) mass is 240 g/mol. The van der Waals surface area contributed by atoms with E-state index in [9.17, 15) is 14.4 Å². The maximum Gasteiger partial charge on any atom is 0.328 e. The van der Waals surface area contributed by atoms with Crippen LogP contribution in [0.1, 0.15) is 46.5 Å². The minimum absolute atomic E-state index is 0.270. The molecule has 1 fully saturated rings. The number of hydrogen-bond donors (Lipinski definition) is 2. The molecule has 0 unspecified atom stereocenters. The summed E-state index contributed by atoms with van der Waals surface area (Å²) < 4.78 is 0. The van der Waals surface area contributed by atoms with Gasteiger partial charge in [-0.3, -0.25) is 20.2 Å². The van der Waals surface area contributed by atoms with Crippen molar-refractivity contribution in [3.8, 4) is 0 Å². The van der Waals surface area contributed by atoms with E-state index in [0.29, 0.717) is 12.8 Å². The number of amides is 4. The average molecular weight is 240 g/mol. The van der Waals surface area contributed by atoms with Crippen LogP contribution in [0.4, 0.5) is 4.79 Å². The van der Waals surface area contributed by atoms with Gasteiger partial charge in [0.15, 0.2) is 0 Å². The summed E-state index contributed by atoms with van der Waals surface area (Å²) in [5.41, 5.74) is -1.07. The van der Waals surface area contributed by atoms with Gasteiger partial charge in [-0.15, -0.1) is 0 Å². The highest BCUT2D eigenvalue weighted by atomic mass is 16.2. The van der Waals surface area contributed by atoms with Gasteiger partial charge in [0.2, 0.25) is 11.8 Å². The Bertz CT molecular complexity index is 319. The van der Waals surface area contributed by atoms with Gasteiger partial charge < -0.3 is 0 Å². The molecule has 1 rings (SSSR count). The van der Waals surface area contributed by atoms with Gasteiger partial charge in [-0.25, -0.2) is 4.79 Å². The van der Waals surface area contributed by atoms with Crippen LogP contribution in [-0.2, 0) is 9.59 Å². The van der Waals surface area contributed by atoms with E-state index in [1.807, 2.05) is 20.8 Å². The number of imide groups is 2. The topological polar surface area (TPSA) is 75.3 Å². The summed E-state index contributed by atoms with van der Waals surface area (Å²) in [6, 6.07) is -0.712. The molecule has 1 aliphatic heterocycles. The summed E-state index contributed by atoms with van der Waals surface area (Å²) >= 11 is 0. The normalized spacial score (nSPS) is 20.8. The van der Waals surface area contributed by atoms with E-state index in [0.717, 1.165) is 12.8 Å². The van der Waals surface area contributed by atoms with E-state index in [4.69, 9.17) is 0 Å². The van der Waals surface area contributed by atoms with E-state index in [-0.39, 0.29) is 5.92 Å². The van der Waals surface area contributed by atoms with Crippen molar-refractivity contribution in [1.82, 2.24) is 10.6 Å². The molecule has 1 heterocycles. The lowest BCUT2D eigenvalue weighted by Crippen LogP contribution is -2.62. The lowest BCUT2D eigenvalue weighted by atomic mass is 9.73. The number of urea groups is 1. The summed E-state index contributed by atoms with van der Waals surface area (Å²) in [5.74, 6) is -0.631. The number of carbonyl (C=O) groups is 3. The van der Waals surface area contributed by atoms with E-state index < -0.39 is 23.3 Å². The van der Waals surface area contributed by atoms with Gasteiger partial charge >= 0.3 is 6.03 Å². The zero-order chi connectivity index (χ0) is 13.1.